The van der Waals surface area contributed by atoms with Gasteiger partial charge >= 0.3 is 0 Å². The molecule has 2 fully saturated rings. The monoisotopic (exact) mass is 441 g/mol. The maximum absolute atomic E-state index is 13.0. The Balaban J connectivity index is 1.37. The number of benzene rings is 1. The molecule has 9 heteroatoms. The van der Waals surface area contributed by atoms with Crippen LogP contribution in [-0.2, 0) is 4.79 Å². The largest absolute Gasteiger partial charge is 0.342 e. The number of aryl methyl sites for hydroxylation is 1. The number of hydrogen-bond acceptors (Lipinski definition) is 6. The van der Waals surface area contributed by atoms with Crippen LogP contribution in [0.25, 0.3) is 0 Å². The molecule has 1 atom stereocenters. The van der Waals surface area contributed by atoms with E-state index in [1.807, 2.05) is 36.1 Å². The fourth-order valence-corrected chi connectivity index (χ4v) is 4.80. The lowest BCUT2D eigenvalue weighted by Gasteiger charge is -2.35. The van der Waals surface area contributed by atoms with E-state index in [0.29, 0.717) is 18.8 Å². The third kappa shape index (κ3) is 5.10. The molecule has 0 spiro atoms. The van der Waals surface area contributed by atoms with Gasteiger partial charge in [-0.1, -0.05) is 29.0 Å². The Morgan fingerprint density at radius 1 is 0.935 bits per heavy atom. The van der Waals surface area contributed by atoms with Crippen molar-refractivity contribution in [1.29, 1.82) is 0 Å². The van der Waals surface area contributed by atoms with Gasteiger partial charge in [-0.2, -0.15) is 0 Å². The minimum absolute atomic E-state index is 0.141. The van der Waals surface area contributed by atoms with E-state index in [2.05, 4.69) is 15.5 Å². The quantitative estimate of drug-likeness (QED) is 0.787. The average Bonchev–Trinajstić information content (AvgIpc) is 3.31. The van der Waals surface area contributed by atoms with Crippen molar-refractivity contribution in [3.05, 3.63) is 39.8 Å². The summed E-state index contributed by atoms with van der Waals surface area (Å²) in [6, 6.07) is 7.44. The van der Waals surface area contributed by atoms with Crippen molar-refractivity contribution >= 4 is 34.7 Å². The fraction of sp³-hybridized carbons (Fsp3) is 0.500. The van der Waals surface area contributed by atoms with Crippen LogP contribution in [0.1, 0.15) is 57.3 Å². The summed E-state index contributed by atoms with van der Waals surface area (Å²) in [5.74, 6) is -0.652. The number of nitrogens with one attached hydrogen (secondary N) is 1. The molecule has 1 aromatic heterocycles. The van der Waals surface area contributed by atoms with E-state index < -0.39 is 5.91 Å². The molecule has 2 aliphatic rings. The number of aromatic nitrogens is 2. The first-order valence-corrected chi connectivity index (χ1v) is 11.6. The van der Waals surface area contributed by atoms with Crippen LogP contribution in [0.15, 0.2) is 24.3 Å². The van der Waals surface area contributed by atoms with E-state index in [0.717, 1.165) is 55.7 Å². The first-order valence-electron chi connectivity index (χ1n) is 10.8. The molecule has 0 bridgehead atoms. The predicted octanol–water partition coefficient (Wildman–Crippen LogP) is 2.96. The molecule has 4 rings (SSSR count). The molecule has 3 heterocycles. The van der Waals surface area contributed by atoms with Crippen LogP contribution in [0.2, 0.25) is 0 Å². The zero-order chi connectivity index (χ0) is 21.8. The highest BCUT2D eigenvalue weighted by molar-refractivity contribution is 7.15. The molecule has 2 saturated heterocycles. The third-order valence-electron chi connectivity index (χ3n) is 5.84. The molecule has 31 heavy (non-hydrogen) atoms. The second kappa shape index (κ2) is 9.55. The molecule has 0 radical (unpaired) electrons. The molecule has 0 saturated carbocycles. The lowest BCUT2D eigenvalue weighted by atomic mass is 9.95. The molecule has 0 aliphatic carbocycles. The summed E-state index contributed by atoms with van der Waals surface area (Å²) >= 11 is 0.982. The van der Waals surface area contributed by atoms with Gasteiger partial charge in [0.25, 0.3) is 11.8 Å². The maximum atomic E-state index is 13.0. The molecule has 164 valence electrons. The number of nitrogens with zero attached hydrogens (tertiary/aromatic N) is 4. The summed E-state index contributed by atoms with van der Waals surface area (Å²) in [5.41, 5.74) is 1.76. The van der Waals surface area contributed by atoms with Crippen LogP contribution < -0.4 is 5.32 Å². The highest BCUT2D eigenvalue weighted by Crippen LogP contribution is 2.23. The van der Waals surface area contributed by atoms with E-state index in [-0.39, 0.29) is 27.7 Å². The van der Waals surface area contributed by atoms with E-state index in [1.165, 1.54) is 6.42 Å². The van der Waals surface area contributed by atoms with Gasteiger partial charge in [-0.3, -0.25) is 14.4 Å². The Hall–Kier alpha value is -2.81. The molecule has 2 aromatic rings. The Morgan fingerprint density at radius 3 is 2.35 bits per heavy atom. The highest BCUT2D eigenvalue weighted by atomic mass is 32.1. The summed E-state index contributed by atoms with van der Waals surface area (Å²) in [7, 11) is 0. The summed E-state index contributed by atoms with van der Waals surface area (Å²) in [6.45, 7) is 4.60. The molecule has 2 aliphatic heterocycles. The number of rotatable bonds is 4. The first kappa shape index (κ1) is 21.4. The van der Waals surface area contributed by atoms with Gasteiger partial charge in [0, 0.05) is 31.9 Å². The topological polar surface area (TPSA) is 95.5 Å². The number of piperidine rings is 2. The van der Waals surface area contributed by atoms with Gasteiger partial charge in [-0.25, -0.2) is 0 Å². The highest BCUT2D eigenvalue weighted by Gasteiger charge is 2.33. The molecule has 0 unspecified atom stereocenters. The van der Waals surface area contributed by atoms with Crippen LogP contribution in [0.4, 0.5) is 5.69 Å². The van der Waals surface area contributed by atoms with E-state index >= 15 is 0 Å². The Labute approximate surface area is 185 Å². The van der Waals surface area contributed by atoms with Crippen molar-refractivity contribution in [2.45, 2.75) is 39.0 Å². The van der Waals surface area contributed by atoms with Gasteiger partial charge in [0.05, 0.1) is 5.92 Å². The van der Waals surface area contributed by atoms with Crippen LogP contribution in [0.3, 0.4) is 0 Å². The van der Waals surface area contributed by atoms with E-state index in [4.69, 9.17) is 0 Å². The van der Waals surface area contributed by atoms with Crippen molar-refractivity contribution in [3.63, 3.8) is 0 Å². The van der Waals surface area contributed by atoms with Crippen molar-refractivity contribution in [3.8, 4) is 0 Å². The number of hydrogen-bond donors (Lipinski definition) is 1. The predicted molar refractivity (Wildman–Crippen MR) is 118 cm³/mol. The second-order valence-corrected chi connectivity index (χ2v) is 9.19. The minimum Gasteiger partial charge on any atom is -0.342 e. The van der Waals surface area contributed by atoms with Crippen molar-refractivity contribution in [2.75, 3.05) is 31.5 Å². The lowest BCUT2D eigenvalue weighted by Crippen LogP contribution is -2.47. The van der Waals surface area contributed by atoms with Crippen molar-refractivity contribution < 1.29 is 14.4 Å². The summed E-state index contributed by atoms with van der Waals surface area (Å²) < 4.78 is 0. The van der Waals surface area contributed by atoms with Crippen molar-refractivity contribution in [1.82, 2.24) is 20.0 Å². The van der Waals surface area contributed by atoms with Crippen LogP contribution in [0, 0.1) is 12.8 Å². The molecule has 1 N–H and O–H groups in total. The van der Waals surface area contributed by atoms with Gasteiger partial charge in [0.1, 0.15) is 0 Å². The second-order valence-electron chi connectivity index (χ2n) is 8.21. The number of likely N-dealkylation sites (tertiary alicyclic amines) is 2. The zero-order valence-corrected chi connectivity index (χ0v) is 18.5. The normalized spacial score (nSPS) is 19.2. The maximum Gasteiger partial charge on any atom is 0.286 e. The third-order valence-corrected chi connectivity index (χ3v) is 6.75. The SMILES string of the molecule is Cc1ccc(NC(=O)c2nnc(C(=O)N3CCC[C@H](C(=O)N4CCCCC4)C3)s2)cc1. The lowest BCUT2D eigenvalue weighted by molar-refractivity contribution is -0.137. The van der Waals surface area contributed by atoms with E-state index in [9.17, 15) is 14.4 Å². The van der Waals surface area contributed by atoms with E-state index in [1.54, 1.807) is 4.90 Å². The van der Waals surface area contributed by atoms with Crippen LogP contribution in [-0.4, -0.2) is 63.9 Å². The number of carbonyl (C=O) groups excluding carboxylic acids is 3. The van der Waals surface area contributed by atoms with Gasteiger partial charge in [-0.05, 0) is 51.2 Å². The number of anilines is 1. The average molecular weight is 442 g/mol. The minimum atomic E-state index is -0.391. The van der Waals surface area contributed by atoms with Crippen molar-refractivity contribution in [2.24, 2.45) is 5.92 Å². The summed E-state index contributed by atoms with van der Waals surface area (Å²) in [6.07, 6.45) is 4.88. The standard InChI is InChI=1S/C22H27N5O3S/c1-15-7-9-17(10-8-15)23-18(28)19-24-25-20(31-19)22(30)27-13-5-6-16(14-27)21(29)26-11-3-2-4-12-26/h7-10,16H,2-6,11-14H2,1H3,(H,23,28)/t16-/m0/s1. The Morgan fingerprint density at radius 2 is 1.61 bits per heavy atom. The number of carbonyl (C=O) groups is 3. The molecule has 8 nitrogen and oxygen atoms in total. The molecule has 3 amide bonds. The van der Waals surface area contributed by atoms with Gasteiger partial charge in [0.2, 0.25) is 15.9 Å². The molecular formula is C22H27N5O3S. The van der Waals surface area contributed by atoms with Gasteiger partial charge in [0.15, 0.2) is 0 Å². The summed E-state index contributed by atoms with van der Waals surface area (Å²) in [5, 5.41) is 10.9. The smallest absolute Gasteiger partial charge is 0.286 e. The van der Waals surface area contributed by atoms with Crippen LogP contribution >= 0.6 is 11.3 Å². The molecular weight excluding hydrogens is 414 g/mol. The Bertz CT molecular complexity index is 952. The molecule has 1 aromatic carbocycles. The Kier molecular flexibility index (Phi) is 6.60. The first-order chi connectivity index (χ1) is 15.0. The summed E-state index contributed by atoms with van der Waals surface area (Å²) in [4.78, 5) is 41.9. The fourth-order valence-electron chi connectivity index (χ4n) is 4.09. The van der Waals surface area contributed by atoms with Gasteiger partial charge in [-0.15, -0.1) is 10.2 Å². The zero-order valence-electron chi connectivity index (χ0n) is 17.7. The van der Waals surface area contributed by atoms with Gasteiger partial charge < -0.3 is 15.1 Å². The van der Waals surface area contributed by atoms with Crippen LogP contribution in [0.5, 0.6) is 0 Å². The number of amides is 3.